The molecule has 0 aliphatic rings. The van der Waals surface area contributed by atoms with Crippen LogP contribution in [0.2, 0.25) is 0 Å². The zero-order valence-electron chi connectivity index (χ0n) is 23.9. The molecule has 0 amide bonds. The van der Waals surface area contributed by atoms with Crippen molar-refractivity contribution in [3.05, 3.63) is 142 Å². The number of halogens is 2. The van der Waals surface area contributed by atoms with Crippen LogP contribution in [0.5, 0.6) is 0 Å². The number of benzene rings is 4. The molecule has 0 fully saturated rings. The molecule has 0 radical (unpaired) electrons. The zero-order valence-corrected chi connectivity index (χ0v) is 23.9. The summed E-state index contributed by atoms with van der Waals surface area (Å²) in [6.45, 7) is 0.863. The normalized spacial score (nSPS) is 10.5. The van der Waals surface area contributed by atoms with Gasteiger partial charge in [-0.15, -0.1) is 0 Å². The van der Waals surface area contributed by atoms with Gasteiger partial charge in [0.05, 0.1) is 52.5 Å². The predicted octanol–water partition coefficient (Wildman–Crippen LogP) is 6.89. The molecule has 0 saturated heterocycles. The van der Waals surface area contributed by atoms with Crippen LogP contribution in [0.3, 0.4) is 0 Å². The summed E-state index contributed by atoms with van der Waals surface area (Å²) in [6, 6.07) is 27.4. The number of carboxylic acids is 1. The Balaban J connectivity index is 0.000000178. The first-order valence-electron chi connectivity index (χ1n) is 13.6. The van der Waals surface area contributed by atoms with Crippen molar-refractivity contribution in [3.63, 3.8) is 0 Å². The van der Waals surface area contributed by atoms with Crippen LogP contribution >= 0.6 is 0 Å². The monoisotopic (exact) mass is 602 g/mol. The van der Waals surface area contributed by atoms with Crippen molar-refractivity contribution in [1.82, 2.24) is 9.13 Å². The van der Waals surface area contributed by atoms with Gasteiger partial charge in [-0.2, -0.15) is 10.5 Å². The fourth-order valence-electron chi connectivity index (χ4n) is 5.07. The molecule has 0 atom stereocenters. The van der Waals surface area contributed by atoms with Gasteiger partial charge in [-0.05, 0) is 59.7 Å². The van der Waals surface area contributed by atoms with Gasteiger partial charge in [0.1, 0.15) is 11.6 Å². The molecule has 0 saturated carbocycles. The summed E-state index contributed by atoms with van der Waals surface area (Å²) in [5.41, 5.74) is 4.27. The number of nitrogens with zero attached hydrogens (tertiary/aromatic N) is 4. The highest BCUT2D eigenvalue weighted by molar-refractivity contribution is 6.05. The Hall–Kier alpha value is -6.26. The molecule has 6 aromatic rings. The van der Waals surface area contributed by atoms with E-state index in [-0.39, 0.29) is 21.9 Å². The van der Waals surface area contributed by atoms with E-state index in [1.807, 2.05) is 18.2 Å². The second-order valence-corrected chi connectivity index (χ2v) is 10.0. The summed E-state index contributed by atoms with van der Waals surface area (Å²) >= 11 is 0. The van der Waals surface area contributed by atoms with Crippen molar-refractivity contribution in [2.45, 2.75) is 13.1 Å². The second kappa shape index (κ2) is 12.9. The van der Waals surface area contributed by atoms with Crippen LogP contribution in [0.25, 0.3) is 21.8 Å². The molecule has 0 spiro atoms. The number of carbonyl (C=O) groups is 2. The molecule has 2 heterocycles. The Labute approximate surface area is 256 Å². The van der Waals surface area contributed by atoms with E-state index in [0.29, 0.717) is 35.2 Å². The van der Waals surface area contributed by atoms with Crippen LogP contribution in [-0.4, -0.2) is 33.3 Å². The Morgan fingerprint density at radius 3 is 1.53 bits per heavy atom. The summed E-state index contributed by atoms with van der Waals surface area (Å²) in [5, 5.41) is 27.2. The standard InChI is InChI=1S/C18H13FN2O2.C17H11FN2O2/c1-23-18(22)14-11-21(16-4-2-3-15(19)17(14)16)10-13-7-5-12(9-20)6-8-13;18-14-2-1-3-15-16(14)13(17(21)22)10-20(15)9-12-6-4-11(8-19)5-7-12/h2-8,11H,10H2,1H3;1-7,10H,9H2,(H,21,22). The van der Waals surface area contributed by atoms with Gasteiger partial charge in [-0.1, -0.05) is 36.4 Å². The third kappa shape index (κ3) is 6.26. The van der Waals surface area contributed by atoms with Gasteiger partial charge in [0.2, 0.25) is 0 Å². The first kappa shape index (κ1) is 30.2. The van der Waals surface area contributed by atoms with E-state index in [0.717, 1.165) is 11.1 Å². The van der Waals surface area contributed by atoms with Crippen LogP contribution in [0.1, 0.15) is 43.0 Å². The maximum absolute atomic E-state index is 14.1. The van der Waals surface area contributed by atoms with Crippen molar-refractivity contribution in [3.8, 4) is 12.1 Å². The number of hydrogen-bond acceptors (Lipinski definition) is 5. The van der Waals surface area contributed by atoms with E-state index in [1.165, 1.54) is 25.4 Å². The first-order chi connectivity index (χ1) is 21.7. The van der Waals surface area contributed by atoms with Gasteiger partial charge in [-0.25, -0.2) is 18.4 Å². The fraction of sp³-hybridized carbons (Fsp3) is 0.0857. The highest BCUT2D eigenvalue weighted by Crippen LogP contribution is 2.27. The first-order valence-corrected chi connectivity index (χ1v) is 13.6. The van der Waals surface area contributed by atoms with Crippen molar-refractivity contribution in [1.29, 1.82) is 10.5 Å². The molecule has 45 heavy (non-hydrogen) atoms. The number of methoxy groups -OCH3 is 1. The molecule has 6 rings (SSSR count). The number of carboxylic acid groups (broad SMARTS) is 1. The summed E-state index contributed by atoms with van der Waals surface area (Å²) in [7, 11) is 1.27. The van der Waals surface area contributed by atoms with Crippen LogP contribution in [-0.2, 0) is 17.8 Å². The average Bonchev–Trinajstić information content (AvgIpc) is 3.62. The van der Waals surface area contributed by atoms with Crippen LogP contribution in [0, 0.1) is 34.3 Å². The number of aromatic nitrogens is 2. The van der Waals surface area contributed by atoms with Gasteiger partial charge in [0.25, 0.3) is 0 Å². The van der Waals surface area contributed by atoms with Gasteiger partial charge in [-0.3, -0.25) is 0 Å². The molecule has 0 aliphatic heterocycles. The van der Waals surface area contributed by atoms with Crippen molar-refractivity contribution >= 4 is 33.7 Å². The molecule has 222 valence electrons. The van der Waals surface area contributed by atoms with Crippen LogP contribution in [0.4, 0.5) is 8.78 Å². The Morgan fingerprint density at radius 2 is 1.13 bits per heavy atom. The lowest BCUT2D eigenvalue weighted by Gasteiger charge is -2.05. The lowest BCUT2D eigenvalue weighted by atomic mass is 10.1. The third-order valence-electron chi connectivity index (χ3n) is 7.22. The number of esters is 1. The molecule has 2 aromatic heterocycles. The molecule has 1 N–H and O–H groups in total. The van der Waals surface area contributed by atoms with Crippen LogP contribution < -0.4 is 0 Å². The fourth-order valence-corrected chi connectivity index (χ4v) is 5.07. The van der Waals surface area contributed by atoms with Crippen molar-refractivity contribution in [2.24, 2.45) is 0 Å². The summed E-state index contributed by atoms with van der Waals surface area (Å²) in [4.78, 5) is 23.2. The molecular formula is C35H24F2N4O4. The van der Waals surface area contributed by atoms with Gasteiger partial charge >= 0.3 is 11.9 Å². The number of rotatable bonds is 6. The molecule has 10 heteroatoms. The molecule has 4 aromatic carbocycles. The minimum absolute atomic E-state index is 0.0539. The highest BCUT2D eigenvalue weighted by Gasteiger charge is 2.19. The van der Waals surface area contributed by atoms with E-state index in [1.54, 1.807) is 76.0 Å². The van der Waals surface area contributed by atoms with E-state index in [4.69, 9.17) is 15.3 Å². The largest absolute Gasteiger partial charge is 0.478 e. The number of hydrogen-bond donors (Lipinski definition) is 1. The number of fused-ring (bicyclic) bond motifs is 2. The SMILES string of the molecule is COC(=O)c1cn(Cc2ccc(C#N)cc2)c2cccc(F)c12.N#Cc1ccc(Cn2cc(C(=O)O)c3c(F)cccc32)cc1. The zero-order chi connectivity index (χ0) is 32.1. The van der Waals surface area contributed by atoms with E-state index in [9.17, 15) is 23.5 Å². The summed E-state index contributed by atoms with van der Waals surface area (Å²) in [5.74, 6) is -2.73. The van der Waals surface area contributed by atoms with Crippen molar-refractivity contribution in [2.75, 3.05) is 7.11 Å². The molecule has 0 bridgehead atoms. The van der Waals surface area contributed by atoms with Gasteiger partial charge in [0.15, 0.2) is 0 Å². The minimum Gasteiger partial charge on any atom is -0.478 e. The van der Waals surface area contributed by atoms with Gasteiger partial charge < -0.3 is 19.0 Å². The molecule has 8 nitrogen and oxygen atoms in total. The maximum Gasteiger partial charge on any atom is 0.340 e. The Morgan fingerprint density at radius 1 is 0.711 bits per heavy atom. The lowest BCUT2D eigenvalue weighted by molar-refractivity contribution is 0.0601. The molecule has 0 aliphatic carbocycles. The Kier molecular flexibility index (Phi) is 8.69. The summed E-state index contributed by atoms with van der Waals surface area (Å²) in [6.07, 6.45) is 3.03. The minimum atomic E-state index is -1.16. The van der Waals surface area contributed by atoms with Crippen LogP contribution in [0.15, 0.2) is 97.3 Å². The number of carbonyl (C=O) groups excluding carboxylic acids is 1. The second-order valence-electron chi connectivity index (χ2n) is 10.0. The topological polar surface area (TPSA) is 121 Å². The predicted molar refractivity (Wildman–Crippen MR) is 163 cm³/mol. The Bertz CT molecular complexity index is 2130. The highest BCUT2D eigenvalue weighted by atomic mass is 19.1. The average molecular weight is 603 g/mol. The number of nitriles is 2. The number of ether oxygens (including phenoxy) is 1. The molecule has 0 unspecified atom stereocenters. The third-order valence-corrected chi connectivity index (χ3v) is 7.22. The van der Waals surface area contributed by atoms with Crippen molar-refractivity contribution < 1.29 is 28.2 Å². The number of aromatic carboxylic acids is 1. The van der Waals surface area contributed by atoms with E-state index in [2.05, 4.69) is 6.07 Å². The quantitative estimate of drug-likeness (QED) is 0.207. The lowest BCUT2D eigenvalue weighted by Crippen LogP contribution is -2.01. The van der Waals surface area contributed by atoms with E-state index < -0.39 is 23.6 Å². The summed E-state index contributed by atoms with van der Waals surface area (Å²) < 4.78 is 36.3. The van der Waals surface area contributed by atoms with Gasteiger partial charge in [0, 0.05) is 36.3 Å². The molecular weight excluding hydrogens is 578 g/mol. The maximum atomic E-state index is 14.1. The van der Waals surface area contributed by atoms with E-state index >= 15 is 0 Å². The smallest absolute Gasteiger partial charge is 0.340 e.